The molecule has 6 aromatic rings. The number of imidazole rings is 1. The lowest BCUT2D eigenvalue weighted by Gasteiger charge is -2.19. The first-order valence-corrected chi connectivity index (χ1v) is 11.1. The third-order valence-electron chi connectivity index (χ3n) is 6.25. The van der Waals surface area contributed by atoms with Crippen molar-refractivity contribution in [1.82, 2.24) is 9.55 Å². The Bertz CT molecular complexity index is 1650. The fourth-order valence-corrected chi connectivity index (χ4v) is 4.53. The molecule has 6 rings (SSSR count). The molecule has 0 atom stereocenters. The third-order valence-corrected chi connectivity index (χ3v) is 6.25. The molecular weight excluding hydrogens is 411 g/mol. The zero-order valence-electron chi connectivity index (χ0n) is 18.8. The van der Waals surface area contributed by atoms with Gasteiger partial charge in [-0.05, 0) is 59.5 Å². The molecule has 0 unspecified atom stereocenters. The number of benzene rings is 4. The highest BCUT2D eigenvalue weighted by atomic mass is 19.1. The van der Waals surface area contributed by atoms with Gasteiger partial charge in [-0.1, -0.05) is 57.2 Å². The molecule has 0 aliphatic heterocycles. The van der Waals surface area contributed by atoms with Crippen LogP contribution in [-0.2, 0) is 5.41 Å². The minimum atomic E-state index is -0.276. The predicted molar refractivity (Wildman–Crippen MR) is 132 cm³/mol. The molecule has 4 aromatic carbocycles. The molecule has 0 bridgehead atoms. The molecule has 162 valence electrons. The highest BCUT2D eigenvalue weighted by Crippen LogP contribution is 2.38. The van der Waals surface area contributed by atoms with E-state index in [1.165, 1.54) is 17.7 Å². The molecule has 2 aromatic heterocycles. The fraction of sp³-hybridized carbons (Fsp3) is 0.138. The topological polar surface area (TPSA) is 31.0 Å². The summed E-state index contributed by atoms with van der Waals surface area (Å²) in [6, 6.07) is 27.4. The van der Waals surface area contributed by atoms with E-state index in [0.29, 0.717) is 11.2 Å². The van der Waals surface area contributed by atoms with Gasteiger partial charge >= 0.3 is 0 Å². The summed E-state index contributed by atoms with van der Waals surface area (Å²) in [5.41, 5.74) is 6.57. The van der Waals surface area contributed by atoms with Crippen LogP contribution in [0.15, 0.2) is 89.3 Å². The average Bonchev–Trinajstić information content (AvgIpc) is 3.37. The Morgan fingerprint density at radius 2 is 1.61 bits per heavy atom. The van der Waals surface area contributed by atoms with Gasteiger partial charge in [-0.25, -0.2) is 9.37 Å². The third kappa shape index (κ3) is 3.13. The van der Waals surface area contributed by atoms with E-state index in [1.807, 2.05) is 36.4 Å². The van der Waals surface area contributed by atoms with Gasteiger partial charge in [-0.15, -0.1) is 0 Å². The molecule has 33 heavy (non-hydrogen) atoms. The maximum absolute atomic E-state index is 13.9. The molecule has 0 N–H and O–H groups in total. The number of rotatable bonds is 2. The summed E-state index contributed by atoms with van der Waals surface area (Å²) in [5, 5.41) is 1.65. The number of nitrogens with zero attached hydrogens (tertiary/aromatic N) is 2. The Morgan fingerprint density at radius 1 is 0.818 bits per heavy atom. The van der Waals surface area contributed by atoms with Crippen molar-refractivity contribution in [3.8, 4) is 17.1 Å². The van der Waals surface area contributed by atoms with E-state index in [4.69, 9.17) is 9.40 Å². The molecule has 0 saturated heterocycles. The molecule has 0 fully saturated rings. The van der Waals surface area contributed by atoms with Crippen molar-refractivity contribution < 1.29 is 8.81 Å². The lowest BCUT2D eigenvalue weighted by molar-refractivity contribution is 0.590. The Kier molecular flexibility index (Phi) is 4.21. The first kappa shape index (κ1) is 19.7. The molecule has 0 amide bonds. The molecule has 0 radical (unpaired) electrons. The van der Waals surface area contributed by atoms with Crippen LogP contribution in [0.4, 0.5) is 4.39 Å². The summed E-state index contributed by atoms with van der Waals surface area (Å²) in [6.07, 6.45) is 0. The smallest absolute Gasteiger partial charge is 0.149 e. The Balaban J connectivity index is 1.64. The summed E-state index contributed by atoms with van der Waals surface area (Å²) in [4.78, 5) is 5.00. The zero-order chi connectivity index (χ0) is 22.7. The zero-order valence-corrected chi connectivity index (χ0v) is 18.8. The van der Waals surface area contributed by atoms with Crippen LogP contribution in [0.25, 0.3) is 50.0 Å². The molecule has 0 aliphatic carbocycles. The molecule has 3 nitrogen and oxygen atoms in total. The number of furan rings is 1. The van der Waals surface area contributed by atoms with Gasteiger partial charge in [0, 0.05) is 16.5 Å². The Hall–Kier alpha value is -3.92. The second kappa shape index (κ2) is 7.04. The molecule has 0 saturated carbocycles. The van der Waals surface area contributed by atoms with Gasteiger partial charge in [-0.3, -0.25) is 4.57 Å². The van der Waals surface area contributed by atoms with Crippen molar-refractivity contribution in [2.45, 2.75) is 26.2 Å². The highest BCUT2D eigenvalue weighted by Gasteiger charge is 2.20. The quantitative estimate of drug-likeness (QED) is 0.276. The van der Waals surface area contributed by atoms with Gasteiger partial charge < -0.3 is 4.42 Å². The molecule has 4 heteroatoms. The Labute approximate surface area is 191 Å². The second-order valence-electron chi connectivity index (χ2n) is 9.48. The van der Waals surface area contributed by atoms with Crippen molar-refractivity contribution in [3.63, 3.8) is 0 Å². The van der Waals surface area contributed by atoms with Crippen molar-refractivity contribution in [2.24, 2.45) is 0 Å². The van der Waals surface area contributed by atoms with Crippen molar-refractivity contribution in [2.75, 3.05) is 0 Å². The van der Waals surface area contributed by atoms with Crippen LogP contribution in [0.2, 0.25) is 0 Å². The monoisotopic (exact) mass is 434 g/mol. The lowest BCUT2D eigenvalue weighted by Crippen LogP contribution is -2.11. The van der Waals surface area contributed by atoms with E-state index in [1.54, 1.807) is 6.07 Å². The summed E-state index contributed by atoms with van der Waals surface area (Å²) in [6.45, 7) is 6.64. The van der Waals surface area contributed by atoms with Gasteiger partial charge in [0.1, 0.15) is 22.8 Å². The van der Waals surface area contributed by atoms with Crippen LogP contribution in [0.3, 0.4) is 0 Å². The van der Waals surface area contributed by atoms with Crippen molar-refractivity contribution >= 4 is 33.0 Å². The van der Waals surface area contributed by atoms with Gasteiger partial charge in [0.05, 0.1) is 16.6 Å². The standard InChI is InChI=1S/C29H23FN2O/c1-29(2,3)18-11-14-20(15-12-18)32-25-10-5-4-9-24(25)31-28(32)22-8-6-7-21-23-17-19(30)13-16-26(23)33-27(21)22/h4-17H,1-3H3. The minimum absolute atomic E-state index is 0.0769. The van der Waals surface area contributed by atoms with E-state index in [9.17, 15) is 4.39 Å². The van der Waals surface area contributed by atoms with Crippen LogP contribution in [0, 0.1) is 5.82 Å². The van der Waals surface area contributed by atoms with Gasteiger partial charge in [0.15, 0.2) is 0 Å². The van der Waals surface area contributed by atoms with Crippen LogP contribution in [0.1, 0.15) is 26.3 Å². The van der Waals surface area contributed by atoms with Crippen LogP contribution >= 0.6 is 0 Å². The summed E-state index contributed by atoms with van der Waals surface area (Å²) >= 11 is 0. The van der Waals surface area contributed by atoms with E-state index in [-0.39, 0.29) is 11.2 Å². The summed E-state index contributed by atoms with van der Waals surface area (Å²) < 4.78 is 22.3. The number of hydrogen-bond acceptors (Lipinski definition) is 2. The number of fused-ring (bicyclic) bond motifs is 4. The summed E-state index contributed by atoms with van der Waals surface area (Å²) in [7, 11) is 0. The van der Waals surface area contributed by atoms with Gasteiger partial charge in [0.2, 0.25) is 0 Å². The average molecular weight is 435 g/mol. The predicted octanol–water partition coefficient (Wildman–Crippen LogP) is 8.03. The van der Waals surface area contributed by atoms with Gasteiger partial charge in [0.25, 0.3) is 0 Å². The largest absolute Gasteiger partial charge is 0.455 e. The van der Waals surface area contributed by atoms with Crippen molar-refractivity contribution in [3.05, 3.63) is 96.3 Å². The molecule has 2 heterocycles. The lowest BCUT2D eigenvalue weighted by atomic mass is 9.87. The summed E-state index contributed by atoms with van der Waals surface area (Å²) in [5.74, 6) is 0.520. The van der Waals surface area contributed by atoms with E-state index >= 15 is 0 Å². The second-order valence-corrected chi connectivity index (χ2v) is 9.48. The van der Waals surface area contributed by atoms with Crippen LogP contribution in [0.5, 0.6) is 0 Å². The Morgan fingerprint density at radius 3 is 2.39 bits per heavy atom. The molecule has 0 spiro atoms. The first-order valence-electron chi connectivity index (χ1n) is 11.1. The highest BCUT2D eigenvalue weighted by molar-refractivity contribution is 6.09. The number of para-hydroxylation sites is 3. The number of aromatic nitrogens is 2. The maximum Gasteiger partial charge on any atom is 0.149 e. The van der Waals surface area contributed by atoms with Crippen LogP contribution < -0.4 is 0 Å². The molecular formula is C29H23FN2O. The van der Waals surface area contributed by atoms with Crippen LogP contribution in [-0.4, -0.2) is 9.55 Å². The van der Waals surface area contributed by atoms with Gasteiger partial charge in [-0.2, -0.15) is 0 Å². The van der Waals surface area contributed by atoms with E-state index in [0.717, 1.165) is 38.9 Å². The first-order chi connectivity index (χ1) is 15.9. The molecule has 0 aliphatic rings. The maximum atomic E-state index is 13.9. The SMILES string of the molecule is CC(C)(C)c1ccc(-n2c(-c3cccc4c3oc3ccc(F)cc34)nc3ccccc32)cc1. The fourth-order valence-electron chi connectivity index (χ4n) is 4.53. The van der Waals surface area contributed by atoms with Crippen molar-refractivity contribution in [1.29, 1.82) is 0 Å². The van der Waals surface area contributed by atoms with E-state index < -0.39 is 0 Å². The minimum Gasteiger partial charge on any atom is -0.455 e. The number of halogens is 1. The van der Waals surface area contributed by atoms with E-state index in [2.05, 4.69) is 55.7 Å². The normalized spacial score (nSPS) is 12.2. The number of hydrogen-bond donors (Lipinski definition) is 0.